The first-order valence-electron chi connectivity index (χ1n) is 11.3. The number of amides is 4. The van der Waals surface area contributed by atoms with E-state index in [2.05, 4.69) is 34.4 Å². The summed E-state index contributed by atoms with van der Waals surface area (Å²) in [5.41, 5.74) is 1.04. The molecule has 1 aromatic heterocycles. The van der Waals surface area contributed by atoms with Gasteiger partial charge in [-0.3, -0.25) is 14.5 Å². The predicted octanol–water partition coefficient (Wildman–Crippen LogP) is 3.41. The highest BCUT2D eigenvalue weighted by Gasteiger charge is 2.51. The summed E-state index contributed by atoms with van der Waals surface area (Å²) in [5, 5.41) is 5.96. The Morgan fingerprint density at radius 2 is 1.97 bits per heavy atom. The van der Waals surface area contributed by atoms with Gasteiger partial charge in [0.05, 0.1) is 17.1 Å². The molecule has 1 aromatic carbocycles. The van der Waals surface area contributed by atoms with Gasteiger partial charge in [-0.05, 0) is 30.9 Å². The van der Waals surface area contributed by atoms with Crippen molar-refractivity contribution >= 4 is 28.9 Å². The van der Waals surface area contributed by atoms with Crippen LogP contribution in [0, 0.1) is 5.92 Å². The molecular weight excluding hydrogens is 394 g/mol. The molecule has 0 radical (unpaired) electrons. The number of benzene rings is 1. The molecule has 4 amide bonds. The Kier molecular flexibility index (Phi) is 5.98. The van der Waals surface area contributed by atoms with E-state index in [9.17, 15) is 14.4 Å². The number of aromatic amines is 1. The number of hydrogen-bond donors (Lipinski definition) is 3. The zero-order chi connectivity index (χ0) is 22.0. The molecule has 0 unspecified atom stereocenters. The molecule has 2 aliphatic rings. The lowest BCUT2D eigenvalue weighted by atomic mass is 9.82. The van der Waals surface area contributed by atoms with Gasteiger partial charge in [0, 0.05) is 13.0 Å². The molecule has 2 atom stereocenters. The monoisotopic (exact) mass is 425 g/mol. The van der Waals surface area contributed by atoms with Gasteiger partial charge in [-0.2, -0.15) is 0 Å². The minimum Gasteiger partial charge on any atom is -0.346 e. The number of imide groups is 1. The first-order valence-corrected chi connectivity index (χ1v) is 11.3. The zero-order valence-corrected chi connectivity index (χ0v) is 18.2. The molecule has 8 nitrogen and oxygen atoms in total. The molecule has 1 aliphatic heterocycles. The van der Waals surface area contributed by atoms with Crippen molar-refractivity contribution in [3.8, 4) is 0 Å². The molecule has 4 rings (SSSR count). The van der Waals surface area contributed by atoms with Crippen LogP contribution in [0.5, 0.6) is 0 Å². The van der Waals surface area contributed by atoms with Gasteiger partial charge < -0.3 is 15.6 Å². The van der Waals surface area contributed by atoms with Gasteiger partial charge in [-0.25, -0.2) is 9.78 Å². The number of para-hydroxylation sites is 2. The average Bonchev–Trinajstić information content (AvgIpc) is 3.30. The third-order valence-electron chi connectivity index (χ3n) is 6.75. The summed E-state index contributed by atoms with van der Waals surface area (Å²) in [6, 6.07) is 7.12. The second kappa shape index (κ2) is 8.69. The number of H-pyrrole nitrogens is 1. The van der Waals surface area contributed by atoms with Crippen LogP contribution in [0.4, 0.5) is 4.79 Å². The van der Waals surface area contributed by atoms with Crippen molar-refractivity contribution in [1.82, 2.24) is 25.5 Å². The van der Waals surface area contributed by atoms with Crippen LogP contribution in [0.3, 0.4) is 0 Å². The van der Waals surface area contributed by atoms with Gasteiger partial charge in [0.2, 0.25) is 5.91 Å². The van der Waals surface area contributed by atoms with Crippen molar-refractivity contribution in [2.45, 2.75) is 70.4 Å². The van der Waals surface area contributed by atoms with Crippen LogP contribution >= 0.6 is 0 Å². The smallest absolute Gasteiger partial charge is 0.325 e. The summed E-state index contributed by atoms with van der Waals surface area (Å²) in [6.07, 6.45) is 5.28. The van der Waals surface area contributed by atoms with Crippen molar-refractivity contribution in [3.05, 3.63) is 30.1 Å². The van der Waals surface area contributed by atoms with Crippen LogP contribution in [0.1, 0.15) is 70.7 Å². The van der Waals surface area contributed by atoms with Gasteiger partial charge in [-0.1, -0.05) is 51.7 Å². The standard InChI is InChI=1S/C23H31N5O3/c1-3-15(2)19(20-24-16-9-5-6-10-17(16)25-20)26-18(29)11-14-28-21(30)23(27-22(28)31)12-7-4-8-13-23/h5-6,9-10,15,19H,3-4,7-8,11-14H2,1-2H3,(H,24,25)(H,26,29)(H,27,31)/t15-,19-/m0/s1. The minimum atomic E-state index is -0.751. The molecular formula is C23H31N5O3. The number of urea groups is 1. The fraction of sp³-hybridized carbons (Fsp3) is 0.565. The Morgan fingerprint density at radius 1 is 1.23 bits per heavy atom. The second-order valence-electron chi connectivity index (χ2n) is 8.85. The fourth-order valence-corrected chi connectivity index (χ4v) is 4.67. The van der Waals surface area contributed by atoms with Gasteiger partial charge in [-0.15, -0.1) is 0 Å². The number of nitrogens with zero attached hydrogens (tertiary/aromatic N) is 2. The Hall–Kier alpha value is -2.90. The highest BCUT2D eigenvalue weighted by atomic mass is 16.2. The zero-order valence-electron chi connectivity index (χ0n) is 18.2. The summed E-state index contributed by atoms with van der Waals surface area (Å²) in [5.74, 6) is 0.517. The van der Waals surface area contributed by atoms with Crippen molar-refractivity contribution in [3.63, 3.8) is 0 Å². The van der Waals surface area contributed by atoms with Gasteiger partial charge >= 0.3 is 6.03 Å². The van der Waals surface area contributed by atoms with Crippen LogP contribution < -0.4 is 10.6 Å². The SMILES string of the molecule is CC[C@H](C)[C@H](NC(=O)CCN1C(=O)NC2(CCCCC2)C1=O)c1nc2ccccc2[nH]1. The molecule has 31 heavy (non-hydrogen) atoms. The summed E-state index contributed by atoms with van der Waals surface area (Å²) in [6.45, 7) is 4.23. The third kappa shape index (κ3) is 4.16. The first kappa shape index (κ1) is 21.3. The molecule has 8 heteroatoms. The number of imidazole rings is 1. The summed E-state index contributed by atoms with van der Waals surface area (Å²) in [7, 11) is 0. The maximum atomic E-state index is 12.9. The lowest BCUT2D eigenvalue weighted by molar-refractivity contribution is -0.132. The Balaban J connectivity index is 1.41. The molecule has 2 aromatic rings. The van der Waals surface area contributed by atoms with Crippen LogP contribution in [0.2, 0.25) is 0 Å². The Morgan fingerprint density at radius 3 is 2.68 bits per heavy atom. The number of aromatic nitrogens is 2. The molecule has 1 aliphatic carbocycles. The molecule has 1 saturated carbocycles. The van der Waals surface area contributed by atoms with E-state index in [4.69, 9.17) is 0 Å². The molecule has 2 heterocycles. The normalized spacial score (nSPS) is 20.1. The van der Waals surface area contributed by atoms with Crippen molar-refractivity contribution in [1.29, 1.82) is 0 Å². The quantitative estimate of drug-likeness (QED) is 0.591. The van der Waals surface area contributed by atoms with Crippen LogP contribution in [0.15, 0.2) is 24.3 Å². The topological polar surface area (TPSA) is 107 Å². The first-order chi connectivity index (χ1) is 14.9. The molecule has 1 saturated heterocycles. The molecule has 166 valence electrons. The van der Waals surface area contributed by atoms with E-state index in [0.29, 0.717) is 12.8 Å². The van der Waals surface area contributed by atoms with E-state index in [1.807, 2.05) is 24.3 Å². The van der Waals surface area contributed by atoms with E-state index in [0.717, 1.165) is 42.5 Å². The van der Waals surface area contributed by atoms with Crippen LogP contribution in [-0.2, 0) is 9.59 Å². The number of fused-ring (bicyclic) bond motifs is 1. The average molecular weight is 426 g/mol. The largest absolute Gasteiger partial charge is 0.346 e. The Bertz CT molecular complexity index is 946. The second-order valence-corrected chi connectivity index (χ2v) is 8.85. The lowest BCUT2D eigenvalue weighted by Gasteiger charge is -2.30. The van der Waals surface area contributed by atoms with Gasteiger partial charge in [0.25, 0.3) is 5.91 Å². The van der Waals surface area contributed by atoms with E-state index >= 15 is 0 Å². The third-order valence-corrected chi connectivity index (χ3v) is 6.75. The lowest BCUT2D eigenvalue weighted by Crippen LogP contribution is -2.48. The fourth-order valence-electron chi connectivity index (χ4n) is 4.67. The highest BCUT2D eigenvalue weighted by molar-refractivity contribution is 6.07. The molecule has 2 fully saturated rings. The van der Waals surface area contributed by atoms with Crippen molar-refractivity contribution < 1.29 is 14.4 Å². The predicted molar refractivity (Wildman–Crippen MR) is 117 cm³/mol. The van der Waals surface area contributed by atoms with Crippen molar-refractivity contribution in [2.75, 3.05) is 6.54 Å². The van der Waals surface area contributed by atoms with Gasteiger partial charge in [0.1, 0.15) is 11.4 Å². The van der Waals surface area contributed by atoms with Gasteiger partial charge in [0.15, 0.2) is 0 Å². The highest BCUT2D eigenvalue weighted by Crippen LogP contribution is 2.33. The van der Waals surface area contributed by atoms with E-state index < -0.39 is 5.54 Å². The molecule has 1 spiro atoms. The van der Waals surface area contributed by atoms with Crippen LogP contribution in [0.25, 0.3) is 11.0 Å². The molecule has 0 bridgehead atoms. The number of carbonyl (C=O) groups excluding carboxylic acids is 3. The number of nitrogens with one attached hydrogen (secondary N) is 3. The van der Waals surface area contributed by atoms with E-state index in [1.54, 1.807) is 0 Å². The molecule has 3 N–H and O–H groups in total. The maximum Gasteiger partial charge on any atom is 0.325 e. The van der Waals surface area contributed by atoms with Crippen LogP contribution in [-0.4, -0.2) is 44.8 Å². The minimum absolute atomic E-state index is 0.0718. The number of carbonyl (C=O) groups is 3. The number of hydrogen-bond acceptors (Lipinski definition) is 4. The summed E-state index contributed by atoms with van der Waals surface area (Å²) in [4.78, 5) is 47.3. The maximum absolute atomic E-state index is 12.9. The summed E-state index contributed by atoms with van der Waals surface area (Å²) >= 11 is 0. The summed E-state index contributed by atoms with van der Waals surface area (Å²) < 4.78 is 0. The van der Waals surface area contributed by atoms with E-state index in [-0.39, 0.29) is 42.8 Å². The van der Waals surface area contributed by atoms with E-state index in [1.165, 1.54) is 4.90 Å². The number of rotatable bonds is 7. The Labute approximate surface area is 182 Å². The van der Waals surface area contributed by atoms with Crippen molar-refractivity contribution in [2.24, 2.45) is 5.92 Å².